The Morgan fingerprint density at radius 1 is 0.704 bits per heavy atom. The highest BCUT2D eigenvalue weighted by atomic mass is 28.1. The van der Waals surface area contributed by atoms with Crippen molar-refractivity contribution in [2.45, 2.75) is 42.5 Å². The van der Waals surface area contributed by atoms with Crippen LogP contribution in [0.2, 0.25) is 12.1 Å². The number of rotatable bonds is 16. The van der Waals surface area contributed by atoms with Crippen molar-refractivity contribution < 1.29 is 28.4 Å². The Morgan fingerprint density at radius 3 is 1.30 bits per heavy atom. The summed E-state index contributed by atoms with van der Waals surface area (Å²) < 4.78 is 35.5. The van der Waals surface area contributed by atoms with Crippen molar-refractivity contribution in [3.8, 4) is 0 Å². The minimum Gasteiger partial charge on any atom is -0.375 e. The molecule has 8 nitrogen and oxygen atoms in total. The molecule has 0 aliphatic heterocycles. The number of methoxy groups -OCH3 is 6. The maximum absolute atomic E-state index is 5.98. The van der Waals surface area contributed by atoms with Gasteiger partial charge in [0.25, 0.3) is 11.8 Å². The molecule has 2 atom stereocenters. The fraction of sp³-hybridized carbons (Fsp3) is 1.00. The molecule has 27 heavy (non-hydrogen) atoms. The molecule has 0 aromatic carbocycles. The van der Waals surface area contributed by atoms with Crippen LogP contribution in [0.25, 0.3) is 0 Å². The lowest BCUT2D eigenvalue weighted by Gasteiger charge is -2.54. The zero-order chi connectivity index (χ0) is 21.1. The highest BCUT2D eigenvalue weighted by molar-refractivity contribution is 6.09. The molecule has 0 aromatic rings. The Bertz CT molecular complexity index is 348. The second-order valence-electron chi connectivity index (χ2n) is 6.65. The van der Waals surface area contributed by atoms with Crippen LogP contribution in [0.5, 0.6) is 0 Å². The van der Waals surface area contributed by atoms with Gasteiger partial charge in [-0.1, -0.05) is 0 Å². The Morgan fingerprint density at radius 2 is 1.07 bits per heavy atom. The first kappa shape index (κ1) is 27.1. The van der Waals surface area contributed by atoms with E-state index >= 15 is 0 Å². The molecule has 0 fully saturated rings. The van der Waals surface area contributed by atoms with Crippen molar-refractivity contribution in [1.82, 2.24) is 9.80 Å². The second kappa shape index (κ2) is 13.4. The largest absolute Gasteiger partial charge is 0.375 e. The van der Waals surface area contributed by atoms with Gasteiger partial charge < -0.3 is 33.3 Å². The monoisotopic (exact) mass is 426 g/mol. The topological polar surface area (TPSA) is 61.9 Å². The van der Waals surface area contributed by atoms with Gasteiger partial charge in [0, 0.05) is 69.7 Å². The smallest absolute Gasteiger partial charge is 0.261 e. The van der Waals surface area contributed by atoms with E-state index in [1.165, 1.54) is 0 Å². The molecular weight excluding hydrogens is 384 g/mol. The molecule has 0 spiro atoms. The van der Waals surface area contributed by atoms with Gasteiger partial charge in [0.05, 0.1) is 0 Å². The number of ether oxygens (including phenoxy) is 6. The van der Waals surface area contributed by atoms with Crippen LogP contribution >= 0.6 is 0 Å². The van der Waals surface area contributed by atoms with Gasteiger partial charge in [0.2, 0.25) is 0 Å². The predicted molar refractivity (Wildman–Crippen MR) is 114 cm³/mol. The third-order valence-corrected chi connectivity index (χ3v) is 6.52. The van der Waals surface area contributed by atoms with Crippen LogP contribution in [0, 0.1) is 0 Å². The Balaban J connectivity index is 6.36. The molecule has 0 radical (unpaired) electrons. The molecule has 164 valence electrons. The van der Waals surface area contributed by atoms with Crippen LogP contribution in [-0.2, 0) is 28.4 Å². The van der Waals surface area contributed by atoms with E-state index in [1.807, 2.05) is 4.90 Å². The SMILES string of the molecule is COC(C[SiH3])C(OC)(OC)N(CCCN(C)C)C(OC)(OC)C(C[SiH3])OC. The van der Waals surface area contributed by atoms with Crippen LogP contribution < -0.4 is 0 Å². The average molecular weight is 427 g/mol. The number of nitrogens with zero attached hydrogens (tertiary/aromatic N) is 2. The minimum absolute atomic E-state index is 0.296. The van der Waals surface area contributed by atoms with E-state index in [2.05, 4.69) is 19.0 Å². The molecule has 10 heteroatoms. The van der Waals surface area contributed by atoms with Crippen LogP contribution in [0.1, 0.15) is 6.42 Å². The van der Waals surface area contributed by atoms with Gasteiger partial charge >= 0.3 is 0 Å². The molecule has 0 bridgehead atoms. The molecule has 0 rings (SSSR count). The van der Waals surface area contributed by atoms with E-state index in [1.54, 1.807) is 42.7 Å². The average Bonchev–Trinajstić information content (AvgIpc) is 2.68. The summed E-state index contributed by atoms with van der Waals surface area (Å²) in [7, 11) is 15.8. The summed E-state index contributed by atoms with van der Waals surface area (Å²) in [6, 6.07) is 1.65. The summed E-state index contributed by atoms with van der Waals surface area (Å²) in [4.78, 5) is 4.13. The van der Waals surface area contributed by atoms with E-state index in [4.69, 9.17) is 28.4 Å². The minimum atomic E-state index is -1.16. The zero-order valence-electron chi connectivity index (χ0n) is 19.0. The predicted octanol–water partition coefficient (Wildman–Crippen LogP) is -1.27. The van der Waals surface area contributed by atoms with E-state index in [0.29, 0.717) is 6.54 Å². The van der Waals surface area contributed by atoms with Crippen LogP contribution in [0.15, 0.2) is 0 Å². The van der Waals surface area contributed by atoms with Gasteiger partial charge in [-0.05, 0) is 39.1 Å². The van der Waals surface area contributed by atoms with E-state index in [0.717, 1.165) is 45.5 Å². The van der Waals surface area contributed by atoms with E-state index in [9.17, 15) is 0 Å². The summed E-state index contributed by atoms with van der Waals surface area (Å²) in [5, 5.41) is 0. The molecule has 0 aliphatic carbocycles. The summed E-state index contributed by atoms with van der Waals surface area (Å²) >= 11 is 0. The Labute approximate surface area is 171 Å². The Kier molecular flexibility index (Phi) is 13.4. The first-order chi connectivity index (χ1) is 12.8. The quantitative estimate of drug-likeness (QED) is 0.224. The maximum atomic E-state index is 5.98. The molecular formula is C17H42N2O6Si2. The number of hydrogen-bond acceptors (Lipinski definition) is 8. The first-order valence-corrected chi connectivity index (χ1v) is 12.3. The Hall–Kier alpha value is 0.114. The molecule has 2 unspecified atom stereocenters. The van der Waals surface area contributed by atoms with E-state index < -0.39 is 11.8 Å². The molecule has 0 saturated heterocycles. The van der Waals surface area contributed by atoms with Gasteiger partial charge in [-0.2, -0.15) is 4.90 Å². The maximum Gasteiger partial charge on any atom is 0.261 e. The summed E-state index contributed by atoms with van der Waals surface area (Å²) in [6.07, 6.45) is 0.273. The normalized spacial score (nSPS) is 15.8. The van der Waals surface area contributed by atoms with Crippen molar-refractivity contribution in [1.29, 1.82) is 0 Å². The molecule has 0 aliphatic rings. The van der Waals surface area contributed by atoms with Crippen molar-refractivity contribution >= 4 is 20.5 Å². The summed E-state index contributed by atoms with van der Waals surface area (Å²) in [5.41, 5.74) is 0. The van der Waals surface area contributed by atoms with Crippen LogP contribution in [0.4, 0.5) is 0 Å². The molecule has 0 N–H and O–H groups in total. The summed E-state index contributed by atoms with van der Waals surface area (Å²) in [5.74, 6) is -2.33. The van der Waals surface area contributed by atoms with Crippen molar-refractivity contribution in [2.75, 3.05) is 69.8 Å². The first-order valence-electron chi connectivity index (χ1n) is 9.52. The van der Waals surface area contributed by atoms with Gasteiger partial charge in [-0.3, -0.25) is 0 Å². The highest BCUT2D eigenvalue weighted by Crippen LogP contribution is 2.37. The zero-order valence-corrected chi connectivity index (χ0v) is 23.0. The fourth-order valence-corrected chi connectivity index (χ4v) is 5.40. The highest BCUT2D eigenvalue weighted by Gasteiger charge is 2.58. The summed E-state index contributed by atoms with van der Waals surface area (Å²) in [6.45, 7) is 1.52. The molecule has 0 aromatic heterocycles. The lowest BCUT2D eigenvalue weighted by molar-refractivity contribution is -0.443. The third kappa shape index (κ3) is 6.05. The van der Waals surface area contributed by atoms with Crippen LogP contribution in [0.3, 0.4) is 0 Å². The van der Waals surface area contributed by atoms with E-state index in [-0.39, 0.29) is 12.2 Å². The van der Waals surface area contributed by atoms with Gasteiger partial charge in [0.15, 0.2) is 0 Å². The van der Waals surface area contributed by atoms with Crippen LogP contribution in [-0.4, -0.2) is 124 Å². The molecule has 0 saturated carbocycles. The van der Waals surface area contributed by atoms with Gasteiger partial charge in [-0.15, -0.1) is 0 Å². The van der Waals surface area contributed by atoms with Crippen molar-refractivity contribution in [3.05, 3.63) is 0 Å². The van der Waals surface area contributed by atoms with Crippen molar-refractivity contribution in [2.24, 2.45) is 0 Å². The fourth-order valence-electron chi connectivity index (χ4n) is 3.70. The molecule has 0 heterocycles. The van der Waals surface area contributed by atoms with Crippen molar-refractivity contribution in [3.63, 3.8) is 0 Å². The van der Waals surface area contributed by atoms with Gasteiger partial charge in [0.1, 0.15) is 12.2 Å². The standard InChI is InChI=1S/C17H42N2O6Si2/c1-18(2)10-9-11-19(16(22-5,23-6)14(12-26)20-3)17(24-7,25-8)15(13-27)21-4/h14-15H,9-13H2,1-8,26-27H3. The lowest BCUT2D eigenvalue weighted by atomic mass is 10.1. The molecule has 0 amide bonds. The van der Waals surface area contributed by atoms with Gasteiger partial charge in [-0.25, -0.2) is 0 Å². The second-order valence-corrected chi connectivity index (χ2v) is 8.28. The lowest BCUT2D eigenvalue weighted by Crippen LogP contribution is -2.72. The number of hydrogen-bond donors (Lipinski definition) is 0. The third-order valence-electron chi connectivity index (χ3n) is 5.03.